The first-order valence-electron chi connectivity index (χ1n) is 26.4. The Morgan fingerprint density at radius 2 is 0.593 bits per heavy atom. The minimum atomic E-state index is -0.761. The first-order valence-corrected chi connectivity index (χ1v) is 26.4. The second kappa shape index (κ2) is 47.5. The van der Waals surface area contributed by atoms with Gasteiger partial charge in [0.05, 0.1) is 0 Å². The van der Waals surface area contributed by atoms with Crippen molar-refractivity contribution in [3.63, 3.8) is 0 Å². The van der Waals surface area contributed by atoms with E-state index in [-0.39, 0.29) is 31.1 Å². The standard InChI is InChI=1S/C53H102O6/c1-5-8-10-12-14-16-18-20-21-22-23-24-26-28-30-32-38-42-46-53(56)59-50(48-58-52(55)45-41-37-34-33-35-39-43-49(4)7-3)47-57-51(54)44-40-36-31-29-27-25-19-17-15-13-11-9-6-2/h49-50H,5-48H2,1-4H3/t49?,50-/m0/s1. The van der Waals surface area contributed by atoms with E-state index in [2.05, 4.69) is 27.7 Å². The van der Waals surface area contributed by atoms with E-state index in [0.717, 1.165) is 63.7 Å². The Balaban J connectivity index is 4.27. The van der Waals surface area contributed by atoms with Crippen molar-refractivity contribution in [2.45, 2.75) is 303 Å². The van der Waals surface area contributed by atoms with Crippen LogP contribution in [0.3, 0.4) is 0 Å². The normalized spacial score (nSPS) is 12.4. The molecule has 0 amide bonds. The van der Waals surface area contributed by atoms with Gasteiger partial charge in [0, 0.05) is 19.3 Å². The van der Waals surface area contributed by atoms with Crippen LogP contribution in [0.15, 0.2) is 0 Å². The minimum absolute atomic E-state index is 0.0634. The van der Waals surface area contributed by atoms with Crippen molar-refractivity contribution in [2.24, 2.45) is 5.92 Å². The summed E-state index contributed by atoms with van der Waals surface area (Å²) in [6, 6.07) is 0. The van der Waals surface area contributed by atoms with Gasteiger partial charge in [0.1, 0.15) is 13.2 Å². The highest BCUT2D eigenvalue weighted by molar-refractivity contribution is 5.71. The highest BCUT2D eigenvalue weighted by Crippen LogP contribution is 2.18. The van der Waals surface area contributed by atoms with Gasteiger partial charge < -0.3 is 14.2 Å². The van der Waals surface area contributed by atoms with Gasteiger partial charge in [-0.2, -0.15) is 0 Å². The summed E-state index contributed by atoms with van der Waals surface area (Å²) in [5.74, 6) is -0.0323. The predicted octanol–water partition coefficient (Wildman–Crippen LogP) is 17.1. The van der Waals surface area contributed by atoms with Crippen LogP contribution in [0.1, 0.15) is 297 Å². The van der Waals surface area contributed by atoms with Gasteiger partial charge in [-0.1, -0.05) is 259 Å². The fourth-order valence-corrected chi connectivity index (χ4v) is 8.01. The van der Waals surface area contributed by atoms with E-state index in [9.17, 15) is 14.4 Å². The molecule has 2 atom stereocenters. The Kier molecular flexibility index (Phi) is 46.2. The molecule has 350 valence electrons. The average Bonchev–Trinajstić information content (AvgIpc) is 3.23. The lowest BCUT2D eigenvalue weighted by atomic mass is 10.00. The molecule has 0 aliphatic rings. The van der Waals surface area contributed by atoms with E-state index in [0.29, 0.717) is 19.3 Å². The van der Waals surface area contributed by atoms with Crippen LogP contribution in [0, 0.1) is 5.92 Å². The van der Waals surface area contributed by atoms with Gasteiger partial charge in [0.2, 0.25) is 0 Å². The molecule has 0 saturated carbocycles. The summed E-state index contributed by atoms with van der Waals surface area (Å²) >= 11 is 0. The molecule has 0 bridgehead atoms. The summed E-state index contributed by atoms with van der Waals surface area (Å²) in [7, 11) is 0. The van der Waals surface area contributed by atoms with Gasteiger partial charge >= 0.3 is 17.9 Å². The zero-order valence-corrected chi connectivity index (χ0v) is 40.2. The fourth-order valence-electron chi connectivity index (χ4n) is 8.01. The Morgan fingerprint density at radius 1 is 0.339 bits per heavy atom. The molecule has 59 heavy (non-hydrogen) atoms. The van der Waals surface area contributed by atoms with Crippen LogP contribution >= 0.6 is 0 Å². The third kappa shape index (κ3) is 45.8. The first-order chi connectivity index (χ1) is 28.9. The molecule has 0 N–H and O–H groups in total. The summed E-state index contributed by atoms with van der Waals surface area (Å²) in [4.78, 5) is 37.9. The number of carbonyl (C=O) groups excluding carboxylic acids is 3. The van der Waals surface area contributed by atoms with E-state index in [1.165, 1.54) is 193 Å². The monoisotopic (exact) mass is 835 g/mol. The van der Waals surface area contributed by atoms with Crippen molar-refractivity contribution in [1.82, 2.24) is 0 Å². The maximum atomic E-state index is 12.8. The predicted molar refractivity (Wildman–Crippen MR) is 252 cm³/mol. The molecular formula is C53H102O6. The van der Waals surface area contributed by atoms with E-state index >= 15 is 0 Å². The largest absolute Gasteiger partial charge is 0.462 e. The van der Waals surface area contributed by atoms with E-state index in [4.69, 9.17) is 14.2 Å². The third-order valence-electron chi connectivity index (χ3n) is 12.4. The maximum absolute atomic E-state index is 12.8. The zero-order valence-electron chi connectivity index (χ0n) is 40.2. The molecule has 0 fully saturated rings. The van der Waals surface area contributed by atoms with Crippen molar-refractivity contribution in [3.8, 4) is 0 Å². The van der Waals surface area contributed by atoms with Gasteiger partial charge in [-0.15, -0.1) is 0 Å². The smallest absolute Gasteiger partial charge is 0.306 e. The number of ether oxygens (including phenoxy) is 3. The average molecular weight is 835 g/mol. The van der Waals surface area contributed by atoms with Gasteiger partial charge in [-0.25, -0.2) is 0 Å². The minimum Gasteiger partial charge on any atom is -0.462 e. The van der Waals surface area contributed by atoms with Gasteiger partial charge in [0.15, 0.2) is 6.10 Å². The molecular weight excluding hydrogens is 733 g/mol. The van der Waals surface area contributed by atoms with Crippen molar-refractivity contribution >= 4 is 17.9 Å². The zero-order chi connectivity index (χ0) is 43.1. The van der Waals surface area contributed by atoms with Gasteiger partial charge in [-0.3, -0.25) is 14.4 Å². The Hall–Kier alpha value is -1.59. The van der Waals surface area contributed by atoms with Crippen molar-refractivity contribution in [2.75, 3.05) is 13.2 Å². The lowest BCUT2D eigenvalue weighted by molar-refractivity contribution is -0.167. The van der Waals surface area contributed by atoms with E-state index in [1.54, 1.807) is 0 Å². The topological polar surface area (TPSA) is 78.9 Å². The molecule has 0 saturated heterocycles. The van der Waals surface area contributed by atoms with Crippen LogP contribution in [0.2, 0.25) is 0 Å². The molecule has 0 aromatic heterocycles. The van der Waals surface area contributed by atoms with Crippen LogP contribution in [0.4, 0.5) is 0 Å². The number of rotatable bonds is 48. The lowest BCUT2D eigenvalue weighted by Crippen LogP contribution is -2.30. The van der Waals surface area contributed by atoms with Crippen LogP contribution in [0.25, 0.3) is 0 Å². The van der Waals surface area contributed by atoms with Crippen LogP contribution in [0.5, 0.6) is 0 Å². The maximum Gasteiger partial charge on any atom is 0.306 e. The van der Waals surface area contributed by atoms with Crippen LogP contribution in [-0.4, -0.2) is 37.2 Å². The molecule has 0 aromatic carbocycles. The van der Waals surface area contributed by atoms with Gasteiger partial charge in [0.25, 0.3) is 0 Å². The number of hydrogen-bond donors (Lipinski definition) is 0. The molecule has 6 heteroatoms. The van der Waals surface area contributed by atoms with E-state index in [1.807, 2.05) is 0 Å². The Bertz CT molecular complexity index is 889. The SMILES string of the molecule is CCCCCCCCCCCCCCCCCCCCC(=O)O[C@@H](COC(=O)CCCCCCCCCCCCCCC)COC(=O)CCCCCCCCC(C)CC. The second-order valence-corrected chi connectivity index (χ2v) is 18.4. The molecule has 0 radical (unpaired) electrons. The summed E-state index contributed by atoms with van der Waals surface area (Å²) in [5.41, 5.74) is 0. The summed E-state index contributed by atoms with van der Waals surface area (Å²) in [5, 5.41) is 0. The second-order valence-electron chi connectivity index (χ2n) is 18.4. The highest BCUT2D eigenvalue weighted by atomic mass is 16.6. The number of unbranched alkanes of at least 4 members (excludes halogenated alkanes) is 34. The highest BCUT2D eigenvalue weighted by Gasteiger charge is 2.19. The van der Waals surface area contributed by atoms with Gasteiger partial charge in [-0.05, 0) is 25.2 Å². The van der Waals surface area contributed by atoms with Crippen LogP contribution < -0.4 is 0 Å². The molecule has 0 aliphatic heterocycles. The molecule has 1 unspecified atom stereocenters. The van der Waals surface area contributed by atoms with Crippen molar-refractivity contribution < 1.29 is 28.6 Å². The molecule has 0 heterocycles. The van der Waals surface area contributed by atoms with Crippen LogP contribution in [-0.2, 0) is 28.6 Å². The van der Waals surface area contributed by atoms with Crippen molar-refractivity contribution in [3.05, 3.63) is 0 Å². The molecule has 0 rings (SSSR count). The third-order valence-corrected chi connectivity index (χ3v) is 12.4. The molecule has 0 aliphatic carbocycles. The summed E-state index contributed by atoms with van der Waals surface area (Å²) < 4.78 is 16.8. The lowest BCUT2D eigenvalue weighted by Gasteiger charge is -2.18. The van der Waals surface area contributed by atoms with E-state index < -0.39 is 6.10 Å². The molecule has 6 nitrogen and oxygen atoms in total. The summed E-state index contributed by atoms with van der Waals surface area (Å²) in [6.07, 6.45) is 49.5. The molecule has 0 aromatic rings. The first kappa shape index (κ1) is 57.4. The Morgan fingerprint density at radius 3 is 0.881 bits per heavy atom. The summed E-state index contributed by atoms with van der Waals surface area (Å²) in [6.45, 7) is 9.00. The number of esters is 3. The number of hydrogen-bond acceptors (Lipinski definition) is 6. The number of carbonyl (C=O) groups is 3. The quantitative estimate of drug-likeness (QED) is 0.0345. The Labute approximate surface area is 368 Å². The molecule has 0 spiro atoms. The fraction of sp³-hybridized carbons (Fsp3) is 0.943. The van der Waals surface area contributed by atoms with Crippen molar-refractivity contribution in [1.29, 1.82) is 0 Å².